The number of hydrogen-bond acceptors (Lipinski definition) is 5. The van der Waals surface area contributed by atoms with Crippen LogP contribution < -0.4 is 16.2 Å². The van der Waals surface area contributed by atoms with Gasteiger partial charge >= 0.3 is 6.36 Å². The van der Waals surface area contributed by atoms with Crippen LogP contribution in [0.2, 0.25) is 0 Å². The van der Waals surface area contributed by atoms with Gasteiger partial charge in [-0.05, 0) is 11.6 Å². The average molecular weight is 246 g/mol. The number of aromatic nitrogens is 1. The third-order valence-electron chi connectivity index (χ3n) is 1.86. The van der Waals surface area contributed by atoms with Gasteiger partial charge in [0.15, 0.2) is 0 Å². The summed E-state index contributed by atoms with van der Waals surface area (Å²) in [6.07, 6.45) is -4.90. The Morgan fingerprint density at radius 2 is 2.12 bits per heavy atom. The Hall–Kier alpha value is -2.01. The van der Waals surface area contributed by atoms with E-state index in [9.17, 15) is 13.2 Å². The first-order valence-electron chi connectivity index (χ1n) is 4.48. The van der Waals surface area contributed by atoms with Crippen molar-refractivity contribution < 1.29 is 17.9 Å². The van der Waals surface area contributed by atoms with E-state index in [2.05, 4.69) is 9.72 Å². The van der Waals surface area contributed by atoms with Gasteiger partial charge in [0.25, 0.3) is 0 Å². The summed E-state index contributed by atoms with van der Waals surface area (Å²) < 4.78 is 39.6. The summed E-state index contributed by atoms with van der Waals surface area (Å²) in [4.78, 5) is 3.55. The van der Waals surface area contributed by atoms with E-state index in [0.29, 0.717) is 5.56 Å². The summed E-state index contributed by atoms with van der Waals surface area (Å²) in [5, 5.41) is 8.52. The maximum Gasteiger partial charge on any atom is 0.574 e. The van der Waals surface area contributed by atoms with Crippen LogP contribution in [0.3, 0.4) is 0 Å². The van der Waals surface area contributed by atoms with Crippen molar-refractivity contribution in [2.45, 2.75) is 19.3 Å². The average Bonchev–Trinajstić information content (AvgIpc) is 2.20. The zero-order valence-corrected chi connectivity index (χ0v) is 8.58. The number of nitriles is 1. The van der Waals surface area contributed by atoms with Crippen LogP contribution in [0.1, 0.15) is 11.3 Å². The molecule has 1 heterocycles. The smallest absolute Gasteiger partial charge is 0.394 e. The number of ether oxygens (including phenoxy) is 1. The molecule has 4 N–H and O–H groups in total. The molecule has 0 aliphatic carbocycles. The van der Waals surface area contributed by atoms with Crippen molar-refractivity contribution in [2.24, 2.45) is 5.73 Å². The van der Waals surface area contributed by atoms with Crippen LogP contribution in [0.5, 0.6) is 5.88 Å². The molecule has 1 aromatic heterocycles. The minimum absolute atomic E-state index is 0.0317. The third-order valence-corrected chi connectivity index (χ3v) is 1.86. The van der Waals surface area contributed by atoms with Crippen molar-refractivity contribution in [3.05, 3.63) is 17.3 Å². The molecule has 0 saturated carbocycles. The Morgan fingerprint density at radius 1 is 1.47 bits per heavy atom. The van der Waals surface area contributed by atoms with Gasteiger partial charge in [-0.15, -0.1) is 13.2 Å². The number of anilines is 1. The highest BCUT2D eigenvalue weighted by Crippen LogP contribution is 2.28. The fraction of sp³-hybridized carbons (Fsp3) is 0.333. The zero-order valence-electron chi connectivity index (χ0n) is 8.58. The van der Waals surface area contributed by atoms with E-state index >= 15 is 0 Å². The molecule has 0 fully saturated rings. The molecule has 0 unspecified atom stereocenters. The fourth-order valence-electron chi connectivity index (χ4n) is 1.20. The summed E-state index contributed by atoms with van der Waals surface area (Å²) in [6, 6.07) is 3.05. The van der Waals surface area contributed by atoms with E-state index in [0.717, 1.165) is 0 Å². The van der Waals surface area contributed by atoms with Gasteiger partial charge in [-0.1, -0.05) is 0 Å². The highest BCUT2D eigenvalue weighted by Gasteiger charge is 2.33. The second-order valence-electron chi connectivity index (χ2n) is 3.08. The number of alkyl halides is 3. The predicted octanol–water partition coefficient (Wildman–Crippen LogP) is 1.09. The number of nitrogens with zero attached hydrogens (tertiary/aromatic N) is 2. The number of nitrogen functional groups attached to an aromatic ring is 1. The van der Waals surface area contributed by atoms with Crippen LogP contribution in [0, 0.1) is 11.3 Å². The van der Waals surface area contributed by atoms with Gasteiger partial charge in [0, 0.05) is 6.54 Å². The van der Waals surface area contributed by atoms with Crippen molar-refractivity contribution in [1.29, 1.82) is 5.26 Å². The topological polar surface area (TPSA) is 98.0 Å². The molecule has 0 aliphatic rings. The quantitative estimate of drug-likeness (QED) is 0.831. The molecule has 1 aromatic rings. The largest absolute Gasteiger partial charge is 0.574 e. The van der Waals surface area contributed by atoms with Gasteiger partial charge in [-0.2, -0.15) is 5.26 Å². The fourth-order valence-corrected chi connectivity index (χ4v) is 1.20. The molecule has 0 aliphatic heterocycles. The summed E-state index contributed by atoms with van der Waals surface area (Å²) in [6.45, 7) is -0.106. The molecular formula is C9H9F3N4O. The molecule has 8 heteroatoms. The number of halogens is 3. The van der Waals surface area contributed by atoms with Crippen molar-refractivity contribution in [3.63, 3.8) is 0 Å². The lowest BCUT2D eigenvalue weighted by Gasteiger charge is -2.12. The summed E-state index contributed by atoms with van der Waals surface area (Å²) in [5.74, 6) is -0.750. The van der Waals surface area contributed by atoms with Crippen LogP contribution >= 0.6 is 0 Å². The lowest BCUT2D eigenvalue weighted by Crippen LogP contribution is -2.20. The van der Waals surface area contributed by atoms with Crippen molar-refractivity contribution in [1.82, 2.24) is 4.98 Å². The molecule has 0 radical (unpaired) electrons. The molecule has 1 rings (SSSR count). The van der Waals surface area contributed by atoms with Gasteiger partial charge in [0.05, 0.1) is 23.9 Å². The van der Waals surface area contributed by atoms with Crippen LogP contribution in [0.15, 0.2) is 6.07 Å². The SMILES string of the molecule is N#CCc1cc(N)c(OC(F)(F)F)nc1CN. The monoisotopic (exact) mass is 246 g/mol. The molecule has 0 amide bonds. The lowest BCUT2D eigenvalue weighted by atomic mass is 10.1. The number of pyridine rings is 1. The van der Waals surface area contributed by atoms with Crippen LogP contribution in [-0.2, 0) is 13.0 Å². The Bertz CT molecular complexity index is 453. The summed E-state index contributed by atoms with van der Waals surface area (Å²) in [5.41, 5.74) is 10.9. The highest BCUT2D eigenvalue weighted by atomic mass is 19.4. The van der Waals surface area contributed by atoms with Crippen LogP contribution in [0.25, 0.3) is 0 Å². The van der Waals surface area contributed by atoms with E-state index in [1.807, 2.05) is 6.07 Å². The first-order valence-corrected chi connectivity index (χ1v) is 4.48. The van der Waals surface area contributed by atoms with Crippen LogP contribution in [0.4, 0.5) is 18.9 Å². The molecule has 5 nitrogen and oxygen atoms in total. The number of rotatable bonds is 3. The highest BCUT2D eigenvalue weighted by molar-refractivity contribution is 5.52. The van der Waals surface area contributed by atoms with E-state index in [1.165, 1.54) is 6.07 Å². The Labute approximate surface area is 94.8 Å². The van der Waals surface area contributed by atoms with Gasteiger partial charge in [-0.25, -0.2) is 4.98 Å². The maximum atomic E-state index is 12.0. The van der Waals surface area contributed by atoms with Crippen molar-refractivity contribution in [2.75, 3.05) is 5.73 Å². The molecule has 92 valence electrons. The second kappa shape index (κ2) is 4.88. The molecule has 0 aromatic carbocycles. The van der Waals surface area contributed by atoms with E-state index in [-0.39, 0.29) is 24.3 Å². The Morgan fingerprint density at radius 3 is 2.59 bits per heavy atom. The minimum atomic E-state index is -4.87. The molecule has 0 atom stereocenters. The predicted molar refractivity (Wildman–Crippen MR) is 52.5 cm³/mol. The zero-order chi connectivity index (χ0) is 13.1. The van der Waals surface area contributed by atoms with Gasteiger partial charge in [0.1, 0.15) is 0 Å². The molecule has 0 saturated heterocycles. The number of hydrogen-bond donors (Lipinski definition) is 2. The lowest BCUT2D eigenvalue weighted by molar-refractivity contribution is -0.275. The van der Waals surface area contributed by atoms with Crippen LogP contribution in [-0.4, -0.2) is 11.3 Å². The van der Waals surface area contributed by atoms with Gasteiger partial charge in [-0.3, -0.25) is 0 Å². The van der Waals surface area contributed by atoms with E-state index < -0.39 is 12.2 Å². The maximum absolute atomic E-state index is 12.0. The van der Waals surface area contributed by atoms with E-state index in [4.69, 9.17) is 16.7 Å². The van der Waals surface area contributed by atoms with Gasteiger partial charge in [0.2, 0.25) is 5.88 Å². The van der Waals surface area contributed by atoms with Crippen molar-refractivity contribution >= 4 is 5.69 Å². The van der Waals surface area contributed by atoms with Gasteiger partial charge < -0.3 is 16.2 Å². The first-order chi connectivity index (χ1) is 7.87. The minimum Gasteiger partial charge on any atom is -0.394 e. The molecule has 17 heavy (non-hydrogen) atoms. The Balaban J connectivity index is 3.14. The first kappa shape index (κ1) is 13.1. The molecular weight excluding hydrogens is 237 g/mol. The Kier molecular flexibility index (Phi) is 3.75. The van der Waals surface area contributed by atoms with E-state index in [1.54, 1.807) is 0 Å². The molecule has 0 spiro atoms. The molecule has 0 bridgehead atoms. The second-order valence-corrected chi connectivity index (χ2v) is 3.08. The van der Waals surface area contributed by atoms with Crippen molar-refractivity contribution in [3.8, 4) is 11.9 Å². The third kappa shape index (κ3) is 3.49. The summed E-state index contributed by atoms with van der Waals surface area (Å²) in [7, 11) is 0. The number of nitrogens with two attached hydrogens (primary N) is 2. The normalized spacial score (nSPS) is 11.0. The summed E-state index contributed by atoms with van der Waals surface area (Å²) >= 11 is 0. The standard InChI is InChI=1S/C9H9F3N4O/c10-9(11,12)17-8-6(15)3-5(1-2-13)7(4-14)16-8/h3H,1,4,14-15H2.